The Morgan fingerprint density at radius 1 is 1.71 bits per heavy atom. The lowest BCUT2D eigenvalue weighted by atomic mass is 10.4. The zero-order valence-corrected chi connectivity index (χ0v) is 9.31. The molecule has 1 atom stereocenters. The molecule has 0 saturated carbocycles. The number of aliphatic hydroxyl groups excluding tert-OH is 1. The van der Waals surface area contributed by atoms with E-state index in [1.165, 1.54) is 11.3 Å². The number of nitrogens with zero attached hydrogens (tertiary/aromatic N) is 1. The fourth-order valence-corrected chi connectivity index (χ4v) is 2.68. The van der Waals surface area contributed by atoms with E-state index in [0.717, 1.165) is 0 Å². The molecule has 1 aromatic heterocycles. The molecule has 0 aromatic carbocycles. The Bertz CT molecular complexity index is 360. The third-order valence-corrected chi connectivity index (χ3v) is 3.93. The summed E-state index contributed by atoms with van der Waals surface area (Å²) < 4.78 is 24.9. The lowest BCUT2D eigenvalue weighted by Crippen LogP contribution is -2.30. The van der Waals surface area contributed by atoms with Gasteiger partial charge in [-0.3, -0.25) is 0 Å². The summed E-state index contributed by atoms with van der Waals surface area (Å²) in [5.74, 6) is -0.275. The Balaban J connectivity index is 2.61. The maximum atomic E-state index is 11.2. The highest BCUT2D eigenvalue weighted by Crippen LogP contribution is 2.15. The van der Waals surface area contributed by atoms with Crippen molar-refractivity contribution < 1.29 is 13.5 Å². The first kappa shape index (κ1) is 11.6. The van der Waals surface area contributed by atoms with Crippen LogP contribution in [-0.4, -0.2) is 30.9 Å². The van der Waals surface area contributed by atoms with Crippen LogP contribution in [0.5, 0.6) is 0 Å². The van der Waals surface area contributed by atoms with Crippen molar-refractivity contribution in [2.75, 3.05) is 12.4 Å². The molecular weight excluding hydrogens is 224 g/mol. The van der Waals surface area contributed by atoms with Crippen molar-refractivity contribution in [3.8, 4) is 0 Å². The van der Waals surface area contributed by atoms with E-state index in [9.17, 15) is 8.42 Å². The Labute approximate surface area is 86.9 Å². The Morgan fingerprint density at radius 2 is 2.43 bits per heavy atom. The molecular formula is C7H12N2O3S2. The molecule has 0 radical (unpaired) electrons. The summed E-state index contributed by atoms with van der Waals surface area (Å²) in [4.78, 5) is 3.99. The highest BCUT2D eigenvalue weighted by molar-refractivity contribution is 7.89. The first-order valence-electron chi connectivity index (χ1n) is 4.05. The molecule has 1 heterocycles. The van der Waals surface area contributed by atoms with Crippen molar-refractivity contribution in [3.63, 3.8) is 0 Å². The molecule has 14 heavy (non-hydrogen) atoms. The van der Waals surface area contributed by atoms with Crippen molar-refractivity contribution in [1.29, 1.82) is 0 Å². The van der Waals surface area contributed by atoms with Crippen molar-refractivity contribution >= 4 is 21.4 Å². The summed E-state index contributed by atoms with van der Waals surface area (Å²) >= 11 is 1.39. The highest BCUT2D eigenvalue weighted by atomic mass is 32.2. The molecule has 0 spiro atoms. The van der Waals surface area contributed by atoms with Crippen molar-refractivity contribution in [1.82, 2.24) is 9.71 Å². The van der Waals surface area contributed by atoms with Crippen LogP contribution in [0, 0.1) is 0 Å². The first-order valence-corrected chi connectivity index (χ1v) is 6.58. The number of thiazole rings is 1. The van der Waals surface area contributed by atoms with Crippen LogP contribution in [0.25, 0.3) is 0 Å². The summed E-state index contributed by atoms with van der Waals surface area (Å²) in [7, 11) is -3.39. The Morgan fingerprint density at radius 3 is 2.93 bits per heavy atom. The minimum Gasteiger partial charge on any atom is -0.395 e. The average Bonchev–Trinajstić information content (AvgIpc) is 2.53. The van der Waals surface area contributed by atoms with Gasteiger partial charge in [-0.1, -0.05) is 0 Å². The van der Waals surface area contributed by atoms with Crippen LogP contribution in [0.4, 0.5) is 0 Å². The van der Waals surface area contributed by atoms with Gasteiger partial charge >= 0.3 is 0 Å². The number of hydrogen-bond acceptors (Lipinski definition) is 5. The van der Waals surface area contributed by atoms with Gasteiger partial charge in [-0.25, -0.2) is 18.1 Å². The van der Waals surface area contributed by atoms with E-state index in [1.54, 1.807) is 18.5 Å². The van der Waals surface area contributed by atoms with Crippen LogP contribution >= 0.6 is 11.3 Å². The molecule has 1 unspecified atom stereocenters. The second-order valence-electron chi connectivity index (χ2n) is 2.75. The smallest absolute Gasteiger partial charge is 0.214 e. The average molecular weight is 236 g/mol. The maximum Gasteiger partial charge on any atom is 0.214 e. The fraction of sp³-hybridized carbons (Fsp3) is 0.571. The highest BCUT2D eigenvalue weighted by Gasteiger charge is 2.16. The lowest BCUT2D eigenvalue weighted by Gasteiger charge is -2.10. The number of sulfonamides is 1. The molecule has 0 aliphatic heterocycles. The molecule has 1 rings (SSSR count). The van der Waals surface area contributed by atoms with Gasteiger partial charge in [-0.15, -0.1) is 11.3 Å². The van der Waals surface area contributed by atoms with Crippen molar-refractivity contribution in [3.05, 3.63) is 16.6 Å². The van der Waals surface area contributed by atoms with E-state index < -0.39 is 10.0 Å². The first-order chi connectivity index (χ1) is 6.55. The molecule has 80 valence electrons. The summed E-state index contributed by atoms with van der Waals surface area (Å²) in [6.45, 7) is 1.34. The number of rotatable bonds is 5. The van der Waals surface area contributed by atoms with Gasteiger partial charge in [0, 0.05) is 11.6 Å². The molecule has 0 aliphatic carbocycles. The second kappa shape index (κ2) is 4.83. The number of nitrogens with one attached hydrogen (secondary N) is 1. The number of hydrogen-bond donors (Lipinski definition) is 2. The summed E-state index contributed by atoms with van der Waals surface area (Å²) in [6, 6.07) is -0.341. The monoisotopic (exact) mass is 236 g/mol. The molecule has 0 saturated heterocycles. The second-order valence-corrected chi connectivity index (χ2v) is 5.55. The van der Waals surface area contributed by atoms with Gasteiger partial charge in [0.25, 0.3) is 0 Å². The van der Waals surface area contributed by atoms with Crippen LogP contribution in [0.1, 0.15) is 18.0 Å². The van der Waals surface area contributed by atoms with Crippen LogP contribution in [0.2, 0.25) is 0 Å². The van der Waals surface area contributed by atoms with Crippen LogP contribution in [0.3, 0.4) is 0 Å². The summed E-state index contributed by atoms with van der Waals surface area (Å²) in [5, 5.41) is 11.0. The zero-order valence-electron chi connectivity index (χ0n) is 7.67. The van der Waals surface area contributed by atoms with E-state index in [0.29, 0.717) is 5.01 Å². The van der Waals surface area contributed by atoms with E-state index in [-0.39, 0.29) is 18.4 Å². The number of aliphatic hydroxyl groups is 1. The quantitative estimate of drug-likeness (QED) is 0.761. The molecule has 7 heteroatoms. The van der Waals surface area contributed by atoms with Gasteiger partial charge in [0.2, 0.25) is 10.0 Å². The summed E-state index contributed by atoms with van der Waals surface area (Å²) in [6.07, 6.45) is 1.62. The van der Waals surface area contributed by atoms with Gasteiger partial charge in [-0.05, 0) is 6.92 Å². The predicted octanol–water partition coefficient (Wildman–Crippen LogP) is 0.116. The third-order valence-electron chi connectivity index (χ3n) is 1.54. The maximum absolute atomic E-state index is 11.2. The molecule has 0 fully saturated rings. The van der Waals surface area contributed by atoms with Crippen LogP contribution in [-0.2, 0) is 10.0 Å². The SMILES string of the molecule is CC(NS(=O)(=O)CCO)c1nccs1. The lowest BCUT2D eigenvalue weighted by molar-refractivity contribution is 0.319. The molecule has 0 aliphatic rings. The van der Waals surface area contributed by atoms with Gasteiger partial charge < -0.3 is 5.11 Å². The van der Waals surface area contributed by atoms with Crippen LogP contribution in [0.15, 0.2) is 11.6 Å². The minimum absolute atomic E-state index is 0.275. The predicted molar refractivity (Wildman–Crippen MR) is 54.5 cm³/mol. The van der Waals surface area contributed by atoms with E-state index >= 15 is 0 Å². The molecule has 0 amide bonds. The number of aromatic nitrogens is 1. The normalized spacial score (nSPS) is 14.1. The van der Waals surface area contributed by atoms with Crippen LogP contribution < -0.4 is 4.72 Å². The van der Waals surface area contributed by atoms with Crippen molar-refractivity contribution in [2.45, 2.75) is 13.0 Å². The summed E-state index contributed by atoms with van der Waals surface area (Å²) in [5.41, 5.74) is 0. The molecule has 1 aromatic rings. The largest absolute Gasteiger partial charge is 0.395 e. The Hall–Kier alpha value is -0.500. The van der Waals surface area contributed by atoms with Gasteiger partial charge in [-0.2, -0.15) is 0 Å². The van der Waals surface area contributed by atoms with E-state index in [1.807, 2.05) is 0 Å². The van der Waals surface area contributed by atoms with Gasteiger partial charge in [0.05, 0.1) is 18.4 Å². The minimum atomic E-state index is -3.39. The van der Waals surface area contributed by atoms with E-state index in [4.69, 9.17) is 5.11 Å². The standard InChI is InChI=1S/C7H12N2O3S2/c1-6(7-8-2-4-13-7)9-14(11,12)5-3-10/h2,4,6,9-10H,3,5H2,1H3. The van der Waals surface area contributed by atoms with E-state index in [2.05, 4.69) is 9.71 Å². The molecule has 0 bridgehead atoms. The topological polar surface area (TPSA) is 79.3 Å². The third kappa shape index (κ3) is 3.33. The van der Waals surface area contributed by atoms with Gasteiger partial charge in [0.15, 0.2) is 0 Å². The molecule has 2 N–H and O–H groups in total. The zero-order chi connectivity index (χ0) is 10.6. The Kier molecular flexibility index (Phi) is 3.99. The fourth-order valence-electron chi connectivity index (χ4n) is 0.947. The molecule has 5 nitrogen and oxygen atoms in total. The van der Waals surface area contributed by atoms with Gasteiger partial charge in [0.1, 0.15) is 5.01 Å². The van der Waals surface area contributed by atoms with Crippen molar-refractivity contribution in [2.24, 2.45) is 0 Å².